The van der Waals surface area contributed by atoms with Gasteiger partial charge in [0.1, 0.15) is 5.82 Å². The average Bonchev–Trinajstić information content (AvgIpc) is 2.97. The summed E-state index contributed by atoms with van der Waals surface area (Å²) in [6, 6.07) is 14.1. The molecule has 2 nitrogen and oxygen atoms in total. The molecule has 0 radical (unpaired) electrons. The fourth-order valence-electron chi connectivity index (χ4n) is 4.36. The predicted octanol–water partition coefficient (Wildman–Crippen LogP) is 7.42. The Kier molecular flexibility index (Phi) is 5.94. The van der Waals surface area contributed by atoms with Gasteiger partial charge in [-0.15, -0.1) is 0 Å². The lowest BCUT2D eigenvalue weighted by Crippen LogP contribution is -2.09. The number of nitrogens with zero attached hydrogens (tertiary/aromatic N) is 1. The number of fused-ring (bicyclic) bond motifs is 1. The van der Waals surface area contributed by atoms with Crippen molar-refractivity contribution in [1.82, 2.24) is 4.57 Å². The van der Waals surface area contributed by atoms with Crippen LogP contribution < -0.4 is 5.32 Å². The SMILES string of the molecule is CCCCCNc1cc2c(-c3c(C)cc(C)cc3C)cccc2n1C(C)C. The number of aryl methyl sites for hydroxylation is 3. The van der Waals surface area contributed by atoms with Crippen molar-refractivity contribution >= 4 is 16.7 Å². The molecule has 0 unspecified atom stereocenters. The Morgan fingerprint density at radius 3 is 2.30 bits per heavy atom. The van der Waals surface area contributed by atoms with E-state index in [-0.39, 0.29) is 0 Å². The van der Waals surface area contributed by atoms with Gasteiger partial charge in [-0.1, -0.05) is 49.6 Å². The van der Waals surface area contributed by atoms with Crippen molar-refractivity contribution in [2.24, 2.45) is 0 Å². The normalized spacial score (nSPS) is 11.5. The topological polar surface area (TPSA) is 17.0 Å². The zero-order valence-electron chi connectivity index (χ0n) is 17.8. The fraction of sp³-hybridized carbons (Fsp3) is 0.440. The molecule has 27 heavy (non-hydrogen) atoms. The van der Waals surface area contributed by atoms with Gasteiger partial charge in [0.05, 0.1) is 5.52 Å². The molecule has 0 spiro atoms. The molecule has 1 heterocycles. The van der Waals surface area contributed by atoms with Gasteiger partial charge >= 0.3 is 0 Å². The quantitative estimate of drug-likeness (QED) is 0.433. The van der Waals surface area contributed by atoms with E-state index in [2.05, 4.69) is 87.8 Å². The Labute approximate surface area is 164 Å². The minimum absolute atomic E-state index is 0.423. The minimum atomic E-state index is 0.423. The Morgan fingerprint density at radius 1 is 0.963 bits per heavy atom. The van der Waals surface area contributed by atoms with Crippen LogP contribution in [0.4, 0.5) is 5.82 Å². The van der Waals surface area contributed by atoms with Crippen molar-refractivity contribution in [1.29, 1.82) is 0 Å². The second-order valence-electron chi connectivity index (χ2n) is 8.14. The Morgan fingerprint density at radius 2 is 1.67 bits per heavy atom. The summed E-state index contributed by atoms with van der Waals surface area (Å²) >= 11 is 0. The lowest BCUT2D eigenvalue weighted by molar-refractivity contribution is 0.624. The predicted molar refractivity (Wildman–Crippen MR) is 120 cm³/mol. The van der Waals surface area contributed by atoms with Gasteiger partial charge in [0.25, 0.3) is 0 Å². The fourth-order valence-corrected chi connectivity index (χ4v) is 4.36. The van der Waals surface area contributed by atoms with E-state index in [1.54, 1.807) is 0 Å². The van der Waals surface area contributed by atoms with Gasteiger partial charge in [0.15, 0.2) is 0 Å². The highest BCUT2D eigenvalue weighted by Gasteiger charge is 2.16. The maximum atomic E-state index is 3.70. The first kappa shape index (κ1) is 19.5. The van der Waals surface area contributed by atoms with E-state index in [4.69, 9.17) is 0 Å². The molecule has 0 fully saturated rings. The molecule has 1 aromatic heterocycles. The summed E-state index contributed by atoms with van der Waals surface area (Å²) in [5.41, 5.74) is 8.09. The molecule has 3 rings (SSSR count). The molecule has 0 atom stereocenters. The lowest BCUT2D eigenvalue weighted by atomic mass is 9.92. The first-order valence-corrected chi connectivity index (χ1v) is 10.4. The van der Waals surface area contributed by atoms with Gasteiger partial charge in [-0.25, -0.2) is 0 Å². The minimum Gasteiger partial charge on any atom is -0.371 e. The third-order valence-corrected chi connectivity index (χ3v) is 5.43. The van der Waals surface area contributed by atoms with Gasteiger partial charge in [0, 0.05) is 18.0 Å². The Hall–Kier alpha value is -2.22. The molecule has 0 saturated carbocycles. The summed E-state index contributed by atoms with van der Waals surface area (Å²) in [6.07, 6.45) is 3.76. The molecule has 0 bridgehead atoms. The summed E-state index contributed by atoms with van der Waals surface area (Å²) in [5.74, 6) is 1.24. The van der Waals surface area contributed by atoms with E-state index in [9.17, 15) is 0 Å². The van der Waals surface area contributed by atoms with Gasteiger partial charge in [0.2, 0.25) is 0 Å². The zero-order chi connectivity index (χ0) is 19.6. The summed E-state index contributed by atoms with van der Waals surface area (Å²) in [4.78, 5) is 0. The number of benzene rings is 2. The summed E-state index contributed by atoms with van der Waals surface area (Å²) in [5, 5.41) is 5.05. The van der Waals surface area contributed by atoms with Crippen molar-refractivity contribution in [3.8, 4) is 11.1 Å². The van der Waals surface area contributed by atoms with Crippen molar-refractivity contribution in [2.75, 3.05) is 11.9 Å². The van der Waals surface area contributed by atoms with Crippen molar-refractivity contribution in [3.05, 3.63) is 53.1 Å². The molecular weight excluding hydrogens is 328 g/mol. The first-order valence-electron chi connectivity index (χ1n) is 10.4. The van der Waals surface area contributed by atoms with Crippen molar-refractivity contribution < 1.29 is 0 Å². The molecule has 3 aromatic rings. The van der Waals surface area contributed by atoms with E-state index < -0.39 is 0 Å². The molecule has 0 aliphatic rings. The van der Waals surface area contributed by atoms with Gasteiger partial charge in [-0.2, -0.15) is 0 Å². The molecule has 2 heteroatoms. The van der Waals surface area contributed by atoms with E-state index in [1.165, 1.54) is 63.8 Å². The Balaban J connectivity index is 2.14. The van der Waals surface area contributed by atoms with E-state index in [0.717, 1.165) is 6.54 Å². The number of aromatic nitrogens is 1. The van der Waals surface area contributed by atoms with Crippen LogP contribution in [0.2, 0.25) is 0 Å². The maximum Gasteiger partial charge on any atom is 0.107 e. The summed E-state index contributed by atoms with van der Waals surface area (Å²) in [6.45, 7) is 14.5. The smallest absolute Gasteiger partial charge is 0.107 e. The molecule has 1 N–H and O–H groups in total. The molecular formula is C25H34N2. The van der Waals surface area contributed by atoms with Gasteiger partial charge in [-0.05, 0) is 75.4 Å². The van der Waals surface area contributed by atoms with Crippen molar-refractivity contribution in [2.45, 2.75) is 66.8 Å². The van der Waals surface area contributed by atoms with Crippen LogP contribution in [0.15, 0.2) is 36.4 Å². The monoisotopic (exact) mass is 362 g/mol. The third-order valence-electron chi connectivity index (χ3n) is 5.43. The van der Waals surface area contributed by atoms with Gasteiger partial charge < -0.3 is 9.88 Å². The Bertz CT molecular complexity index is 908. The number of anilines is 1. The lowest BCUT2D eigenvalue weighted by Gasteiger charge is -2.16. The van der Waals surface area contributed by atoms with Crippen LogP contribution in [0.5, 0.6) is 0 Å². The van der Waals surface area contributed by atoms with Crippen LogP contribution in [0.1, 0.15) is 62.8 Å². The molecule has 144 valence electrons. The highest BCUT2D eigenvalue weighted by Crippen LogP contribution is 2.38. The number of hydrogen-bond donors (Lipinski definition) is 1. The summed E-state index contributed by atoms with van der Waals surface area (Å²) < 4.78 is 2.45. The van der Waals surface area contributed by atoms with E-state index >= 15 is 0 Å². The highest BCUT2D eigenvalue weighted by atomic mass is 15.1. The van der Waals surface area contributed by atoms with Gasteiger partial charge in [-0.3, -0.25) is 0 Å². The second-order valence-corrected chi connectivity index (χ2v) is 8.14. The standard InChI is InChI=1S/C25H34N2/c1-7-8-9-13-26-24-16-22-21(11-10-12-23(22)27(24)17(2)3)25-19(5)14-18(4)15-20(25)6/h10-12,14-17,26H,7-9,13H2,1-6H3. The van der Waals surface area contributed by atoms with Crippen LogP contribution in [0.25, 0.3) is 22.0 Å². The van der Waals surface area contributed by atoms with Crippen LogP contribution in [0, 0.1) is 20.8 Å². The molecule has 0 aliphatic heterocycles. The highest BCUT2D eigenvalue weighted by molar-refractivity contribution is 5.99. The number of rotatable bonds is 7. The molecule has 0 aliphatic carbocycles. The third kappa shape index (κ3) is 3.90. The molecule has 2 aromatic carbocycles. The van der Waals surface area contributed by atoms with Crippen LogP contribution in [0.3, 0.4) is 0 Å². The average molecular weight is 363 g/mol. The number of hydrogen-bond acceptors (Lipinski definition) is 1. The second kappa shape index (κ2) is 8.21. The van der Waals surface area contributed by atoms with E-state index in [1.807, 2.05) is 0 Å². The van der Waals surface area contributed by atoms with Crippen LogP contribution >= 0.6 is 0 Å². The summed E-state index contributed by atoms with van der Waals surface area (Å²) in [7, 11) is 0. The maximum absolute atomic E-state index is 3.70. The molecule has 0 amide bonds. The van der Waals surface area contributed by atoms with E-state index in [0.29, 0.717) is 6.04 Å². The zero-order valence-corrected chi connectivity index (χ0v) is 17.8. The number of nitrogens with one attached hydrogen (secondary N) is 1. The largest absolute Gasteiger partial charge is 0.371 e. The molecule has 0 saturated heterocycles. The first-order chi connectivity index (χ1) is 12.9. The van der Waals surface area contributed by atoms with Crippen LogP contribution in [-0.2, 0) is 0 Å². The number of unbranched alkanes of at least 4 members (excludes halogenated alkanes) is 2. The van der Waals surface area contributed by atoms with Crippen molar-refractivity contribution in [3.63, 3.8) is 0 Å². The van der Waals surface area contributed by atoms with Crippen LogP contribution in [-0.4, -0.2) is 11.1 Å².